The van der Waals surface area contributed by atoms with E-state index in [2.05, 4.69) is 11.4 Å². The van der Waals surface area contributed by atoms with Crippen LogP contribution in [-0.2, 0) is 4.79 Å². The first kappa shape index (κ1) is 12.2. The Labute approximate surface area is 92.1 Å². The number of rotatable bonds is 4. The van der Waals surface area contributed by atoms with Gasteiger partial charge in [0.25, 0.3) is 0 Å². The second-order valence-corrected chi connectivity index (χ2v) is 5.05. The van der Waals surface area contributed by atoms with E-state index < -0.39 is 0 Å². The van der Waals surface area contributed by atoms with Gasteiger partial charge in [0, 0.05) is 18.5 Å². The van der Waals surface area contributed by atoms with Crippen LogP contribution in [0.5, 0.6) is 0 Å². The average molecular weight is 210 g/mol. The van der Waals surface area contributed by atoms with Crippen LogP contribution in [0.15, 0.2) is 11.6 Å². The molecule has 0 heterocycles. The maximum atomic E-state index is 11.6. The predicted octanol–water partition coefficient (Wildman–Crippen LogP) is 1.73. The van der Waals surface area contributed by atoms with Crippen LogP contribution in [0.3, 0.4) is 0 Å². The summed E-state index contributed by atoms with van der Waals surface area (Å²) >= 11 is 0. The Kier molecular flexibility index (Phi) is 4.33. The van der Waals surface area contributed by atoms with Gasteiger partial charge in [0.15, 0.2) is 0 Å². The Morgan fingerprint density at radius 2 is 2.27 bits per heavy atom. The molecule has 3 nitrogen and oxygen atoms in total. The number of amides is 1. The molecule has 0 aromatic heterocycles. The highest BCUT2D eigenvalue weighted by Gasteiger charge is 2.13. The third-order valence-corrected chi connectivity index (χ3v) is 2.51. The number of carbonyl (C=O) groups excluding carboxylic acids is 1. The quantitative estimate of drug-likeness (QED) is 0.694. The number of hydrogen-bond donors (Lipinski definition) is 2. The second-order valence-electron chi connectivity index (χ2n) is 5.05. The number of allylic oxidation sites excluding steroid dienone is 1. The molecule has 0 spiro atoms. The second kappa shape index (κ2) is 5.31. The molecule has 0 bridgehead atoms. The molecule has 0 aromatic carbocycles. The molecule has 0 unspecified atom stereocenters. The minimum Gasteiger partial charge on any atom is -0.354 e. The van der Waals surface area contributed by atoms with Gasteiger partial charge in [0.05, 0.1) is 0 Å². The molecule has 0 aliphatic heterocycles. The fourth-order valence-electron chi connectivity index (χ4n) is 1.66. The van der Waals surface area contributed by atoms with Gasteiger partial charge in [0.2, 0.25) is 5.91 Å². The highest BCUT2D eigenvalue weighted by molar-refractivity contribution is 5.78. The standard InChI is InChI=1S/C12H22N2O/c1-12(2,13)9-14-11(15)8-10-6-4-3-5-7-10/h6H,3-5,7-9,13H2,1-2H3,(H,14,15). The minimum absolute atomic E-state index is 0.0988. The van der Waals surface area contributed by atoms with Gasteiger partial charge in [-0.1, -0.05) is 11.6 Å². The van der Waals surface area contributed by atoms with Gasteiger partial charge < -0.3 is 11.1 Å². The lowest BCUT2D eigenvalue weighted by Gasteiger charge is -2.19. The number of nitrogens with one attached hydrogen (secondary N) is 1. The van der Waals surface area contributed by atoms with Crippen LogP contribution in [0.2, 0.25) is 0 Å². The molecule has 1 rings (SSSR count). The van der Waals surface area contributed by atoms with E-state index in [-0.39, 0.29) is 11.4 Å². The molecule has 1 aliphatic rings. The van der Waals surface area contributed by atoms with E-state index in [1.807, 2.05) is 13.8 Å². The van der Waals surface area contributed by atoms with Gasteiger partial charge in [-0.15, -0.1) is 0 Å². The lowest BCUT2D eigenvalue weighted by Crippen LogP contribution is -2.45. The summed E-state index contributed by atoms with van der Waals surface area (Å²) in [6.07, 6.45) is 7.46. The van der Waals surface area contributed by atoms with Crippen molar-refractivity contribution >= 4 is 5.91 Å². The van der Waals surface area contributed by atoms with Crippen LogP contribution in [0.1, 0.15) is 46.0 Å². The molecule has 86 valence electrons. The molecule has 0 atom stereocenters. The van der Waals surface area contributed by atoms with Crippen molar-refractivity contribution in [3.63, 3.8) is 0 Å². The van der Waals surface area contributed by atoms with Crippen molar-refractivity contribution in [2.45, 2.75) is 51.5 Å². The van der Waals surface area contributed by atoms with Gasteiger partial charge in [-0.05, 0) is 39.5 Å². The average Bonchev–Trinajstić information content (AvgIpc) is 2.15. The van der Waals surface area contributed by atoms with Gasteiger partial charge in [-0.25, -0.2) is 0 Å². The summed E-state index contributed by atoms with van der Waals surface area (Å²) in [5, 5.41) is 2.87. The normalized spacial score (nSPS) is 17.1. The molecule has 15 heavy (non-hydrogen) atoms. The summed E-state index contributed by atoms with van der Waals surface area (Å²) in [5.41, 5.74) is 6.75. The Hall–Kier alpha value is -0.830. The zero-order chi connectivity index (χ0) is 11.3. The van der Waals surface area contributed by atoms with E-state index in [1.54, 1.807) is 0 Å². The molecule has 0 saturated carbocycles. The van der Waals surface area contributed by atoms with E-state index in [4.69, 9.17) is 5.73 Å². The Morgan fingerprint density at radius 1 is 1.53 bits per heavy atom. The maximum absolute atomic E-state index is 11.6. The molecular weight excluding hydrogens is 188 g/mol. The fraction of sp³-hybridized carbons (Fsp3) is 0.750. The Balaban J connectivity index is 2.26. The molecule has 0 aromatic rings. The SMILES string of the molecule is CC(C)(N)CNC(=O)CC1=CCCCC1. The number of carbonyl (C=O) groups is 1. The van der Waals surface area contributed by atoms with Crippen molar-refractivity contribution in [2.24, 2.45) is 5.73 Å². The molecule has 0 fully saturated rings. The topological polar surface area (TPSA) is 55.1 Å². The van der Waals surface area contributed by atoms with Crippen molar-refractivity contribution in [2.75, 3.05) is 6.54 Å². The predicted molar refractivity (Wildman–Crippen MR) is 62.4 cm³/mol. The summed E-state index contributed by atoms with van der Waals surface area (Å²) < 4.78 is 0. The first-order valence-corrected chi connectivity index (χ1v) is 5.71. The van der Waals surface area contributed by atoms with Crippen molar-refractivity contribution in [1.82, 2.24) is 5.32 Å². The van der Waals surface area contributed by atoms with Crippen LogP contribution in [-0.4, -0.2) is 18.0 Å². The number of hydrogen-bond acceptors (Lipinski definition) is 2. The van der Waals surface area contributed by atoms with Gasteiger partial charge in [0.1, 0.15) is 0 Å². The zero-order valence-corrected chi connectivity index (χ0v) is 9.81. The van der Waals surface area contributed by atoms with Crippen LogP contribution < -0.4 is 11.1 Å². The minimum atomic E-state index is -0.323. The maximum Gasteiger partial charge on any atom is 0.224 e. The van der Waals surface area contributed by atoms with Crippen LogP contribution in [0.4, 0.5) is 0 Å². The molecule has 1 amide bonds. The first-order valence-electron chi connectivity index (χ1n) is 5.71. The first-order chi connectivity index (χ1) is 6.97. The monoisotopic (exact) mass is 210 g/mol. The molecule has 0 radical (unpaired) electrons. The Morgan fingerprint density at radius 3 is 2.80 bits per heavy atom. The molecule has 3 heteroatoms. The summed E-state index contributed by atoms with van der Waals surface area (Å²) in [6.45, 7) is 4.36. The molecule has 0 saturated heterocycles. The van der Waals surface area contributed by atoms with Crippen LogP contribution in [0.25, 0.3) is 0 Å². The van der Waals surface area contributed by atoms with Crippen molar-refractivity contribution < 1.29 is 4.79 Å². The highest BCUT2D eigenvalue weighted by atomic mass is 16.1. The summed E-state index contributed by atoms with van der Waals surface area (Å²) in [7, 11) is 0. The largest absolute Gasteiger partial charge is 0.354 e. The third-order valence-electron chi connectivity index (χ3n) is 2.51. The highest BCUT2D eigenvalue weighted by Crippen LogP contribution is 2.19. The lowest BCUT2D eigenvalue weighted by atomic mass is 9.97. The molecular formula is C12H22N2O. The smallest absolute Gasteiger partial charge is 0.224 e. The van der Waals surface area contributed by atoms with Crippen LogP contribution in [0, 0.1) is 0 Å². The zero-order valence-electron chi connectivity index (χ0n) is 9.81. The van der Waals surface area contributed by atoms with E-state index in [9.17, 15) is 4.79 Å². The fourth-order valence-corrected chi connectivity index (χ4v) is 1.66. The van der Waals surface area contributed by atoms with Gasteiger partial charge in [-0.3, -0.25) is 4.79 Å². The van der Waals surface area contributed by atoms with Gasteiger partial charge in [-0.2, -0.15) is 0 Å². The number of nitrogens with two attached hydrogens (primary N) is 1. The third kappa shape index (κ3) is 5.57. The van der Waals surface area contributed by atoms with E-state index in [0.717, 1.165) is 12.8 Å². The van der Waals surface area contributed by atoms with Crippen LogP contribution >= 0.6 is 0 Å². The lowest BCUT2D eigenvalue weighted by molar-refractivity contribution is -0.120. The Bertz CT molecular complexity index is 251. The molecule has 3 N–H and O–H groups in total. The van der Waals surface area contributed by atoms with E-state index in [0.29, 0.717) is 13.0 Å². The van der Waals surface area contributed by atoms with Crippen molar-refractivity contribution in [3.05, 3.63) is 11.6 Å². The molecule has 1 aliphatic carbocycles. The van der Waals surface area contributed by atoms with Crippen molar-refractivity contribution in [1.29, 1.82) is 0 Å². The summed E-state index contributed by atoms with van der Waals surface area (Å²) in [5.74, 6) is 0.0988. The van der Waals surface area contributed by atoms with E-state index in [1.165, 1.54) is 18.4 Å². The van der Waals surface area contributed by atoms with Crippen molar-refractivity contribution in [3.8, 4) is 0 Å². The summed E-state index contributed by atoms with van der Waals surface area (Å²) in [6, 6.07) is 0. The van der Waals surface area contributed by atoms with Gasteiger partial charge >= 0.3 is 0 Å². The van der Waals surface area contributed by atoms with E-state index >= 15 is 0 Å². The summed E-state index contributed by atoms with van der Waals surface area (Å²) in [4.78, 5) is 11.6.